The van der Waals surface area contributed by atoms with Crippen LogP contribution in [0.2, 0.25) is 0 Å². The van der Waals surface area contributed by atoms with Crippen LogP contribution < -0.4 is 5.32 Å². The second-order valence-electron chi connectivity index (χ2n) is 7.51. The summed E-state index contributed by atoms with van der Waals surface area (Å²) in [6.45, 7) is 6.83. The lowest BCUT2D eigenvalue weighted by atomic mass is 9.74. The van der Waals surface area contributed by atoms with E-state index in [0.29, 0.717) is 5.41 Å². The summed E-state index contributed by atoms with van der Waals surface area (Å²) in [7, 11) is 0. The number of para-hydroxylation sites is 1. The molecule has 2 aliphatic rings. The maximum Gasteiger partial charge on any atom is 0.0369 e. The third-order valence-electron chi connectivity index (χ3n) is 5.94. The topological polar surface area (TPSA) is 15.3 Å². The van der Waals surface area contributed by atoms with Crippen LogP contribution in [0, 0.1) is 6.92 Å². The van der Waals surface area contributed by atoms with E-state index in [1.54, 1.807) is 5.56 Å². The number of allylic oxidation sites excluding steroid dienone is 1. The minimum atomic E-state index is 0.312. The van der Waals surface area contributed by atoms with Crippen molar-refractivity contribution in [1.29, 1.82) is 0 Å². The van der Waals surface area contributed by atoms with Crippen LogP contribution in [0.4, 0.5) is 5.69 Å². The molecule has 25 heavy (non-hydrogen) atoms. The van der Waals surface area contributed by atoms with Gasteiger partial charge in [-0.1, -0.05) is 54.6 Å². The summed E-state index contributed by atoms with van der Waals surface area (Å²) in [5.41, 5.74) is 5.89. The quantitative estimate of drug-likeness (QED) is 0.787. The number of fused-ring (bicyclic) bond motifs is 2. The minimum absolute atomic E-state index is 0.312. The van der Waals surface area contributed by atoms with Crippen molar-refractivity contribution in [2.75, 3.05) is 31.5 Å². The summed E-state index contributed by atoms with van der Waals surface area (Å²) in [5.74, 6) is 0. The molecule has 1 spiro atoms. The van der Waals surface area contributed by atoms with E-state index in [-0.39, 0.29) is 0 Å². The molecule has 1 aliphatic carbocycles. The van der Waals surface area contributed by atoms with E-state index < -0.39 is 0 Å². The smallest absolute Gasteiger partial charge is 0.0369 e. The Morgan fingerprint density at radius 3 is 2.60 bits per heavy atom. The highest BCUT2D eigenvalue weighted by Gasteiger charge is 2.37. The Bertz CT molecular complexity index is 754. The number of piperidine rings is 1. The molecule has 1 saturated heterocycles. The number of anilines is 1. The predicted octanol–water partition coefficient (Wildman–Crippen LogP) is 4.86. The molecule has 0 amide bonds. The lowest BCUT2D eigenvalue weighted by molar-refractivity contribution is 0.184. The second kappa shape index (κ2) is 7.05. The maximum absolute atomic E-state index is 3.58. The summed E-state index contributed by atoms with van der Waals surface area (Å²) in [6.07, 6.45) is 8.51. The van der Waals surface area contributed by atoms with Crippen molar-refractivity contribution in [3.05, 3.63) is 71.3 Å². The molecule has 1 N–H and O–H groups in total. The highest BCUT2D eigenvalue weighted by molar-refractivity contribution is 5.65. The Morgan fingerprint density at radius 2 is 1.76 bits per heavy atom. The molecule has 1 aliphatic heterocycles. The standard InChI is InChI=1S/C23H28N2/c1-19-7-2-5-10-22(19)24-15-6-16-25-17-13-23(14-18-25)12-11-20-8-3-4-9-21(20)23/h2-5,7-12,24H,6,13-18H2,1H3. The van der Waals surface area contributed by atoms with Crippen molar-refractivity contribution in [3.63, 3.8) is 0 Å². The SMILES string of the molecule is Cc1ccccc1NCCCN1CCC2(C=Cc3ccccc32)CC1. The van der Waals surface area contributed by atoms with Crippen molar-refractivity contribution in [1.82, 2.24) is 4.90 Å². The van der Waals surface area contributed by atoms with Gasteiger partial charge in [0.15, 0.2) is 0 Å². The molecule has 0 atom stereocenters. The predicted molar refractivity (Wildman–Crippen MR) is 107 cm³/mol. The Balaban J connectivity index is 1.25. The third-order valence-corrected chi connectivity index (χ3v) is 5.94. The van der Waals surface area contributed by atoms with Gasteiger partial charge in [0, 0.05) is 17.6 Å². The first kappa shape index (κ1) is 16.4. The number of hydrogen-bond donors (Lipinski definition) is 1. The molecule has 0 aromatic heterocycles. The fraction of sp³-hybridized carbons (Fsp3) is 0.391. The maximum atomic E-state index is 3.58. The Hall–Kier alpha value is -2.06. The van der Waals surface area contributed by atoms with Crippen LogP contribution in [0.15, 0.2) is 54.6 Å². The van der Waals surface area contributed by atoms with Crippen LogP contribution in [0.3, 0.4) is 0 Å². The van der Waals surface area contributed by atoms with E-state index in [9.17, 15) is 0 Å². The summed E-state index contributed by atoms with van der Waals surface area (Å²) in [6, 6.07) is 17.5. The summed E-state index contributed by atoms with van der Waals surface area (Å²) >= 11 is 0. The van der Waals surface area contributed by atoms with Crippen molar-refractivity contribution in [2.45, 2.75) is 31.6 Å². The normalized spacial score (nSPS) is 18.4. The average molecular weight is 332 g/mol. The zero-order chi connectivity index (χ0) is 17.1. The Morgan fingerprint density at radius 1 is 1.00 bits per heavy atom. The molecule has 130 valence electrons. The van der Waals surface area contributed by atoms with Crippen molar-refractivity contribution in [3.8, 4) is 0 Å². The van der Waals surface area contributed by atoms with Gasteiger partial charge in [-0.05, 0) is 68.6 Å². The average Bonchev–Trinajstić information content (AvgIpc) is 3.01. The van der Waals surface area contributed by atoms with E-state index in [1.165, 1.54) is 55.7 Å². The zero-order valence-electron chi connectivity index (χ0n) is 15.2. The molecular weight excluding hydrogens is 304 g/mol. The van der Waals surface area contributed by atoms with Gasteiger partial charge in [0.2, 0.25) is 0 Å². The van der Waals surface area contributed by atoms with Crippen molar-refractivity contribution < 1.29 is 0 Å². The number of hydrogen-bond acceptors (Lipinski definition) is 2. The third kappa shape index (κ3) is 3.36. The summed E-state index contributed by atoms with van der Waals surface area (Å²) in [4.78, 5) is 2.64. The molecule has 0 unspecified atom stereocenters. The van der Waals surface area contributed by atoms with Gasteiger partial charge in [-0.15, -0.1) is 0 Å². The Labute approximate surface area is 151 Å². The molecule has 1 fully saturated rings. The number of nitrogens with zero attached hydrogens (tertiary/aromatic N) is 1. The number of rotatable bonds is 5. The molecule has 2 heteroatoms. The van der Waals surface area contributed by atoms with E-state index in [1.807, 2.05) is 0 Å². The largest absolute Gasteiger partial charge is 0.385 e. The first-order valence-electron chi connectivity index (χ1n) is 9.57. The van der Waals surface area contributed by atoms with Crippen LogP contribution in [-0.2, 0) is 5.41 Å². The van der Waals surface area contributed by atoms with Crippen LogP contribution in [0.1, 0.15) is 36.0 Å². The molecular formula is C23H28N2. The monoisotopic (exact) mass is 332 g/mol. The van der Waals surface area contributed by atoms with Crippen molar-refractivity contribution >= 4 is 11.8 Å². The van der Waals surface area contributed by atoms with Gasteiger partial charge in [0.05, 0.1) is 0 Å². The van der Waals surface area contributed by atoms with Crippen LogP contribution >= 0.6 is 0 Å². The minimum Gasteiger partial charge on any atom is -0.385 e. The fourth-order valence-corrected chi connectivity index (χ4v) is 4.34. The number of benzene rings is 2. The van der Waals surface area contributed by atoms with Crippen molar-refractivity contribution in [2.24, 2.45) is 0 Å². The van der Waals surface area contributed by atoms with Gasteiger partial charge in [-0.25, -0.2) is 0 Å². The number of likely N-dealkylation sites (tertiary alicyclic amines) is 1. The van der Waals surface area contributed by atoms with E-state index >= 15 is 0 Å². The van der Waals surface area contributed by atoms with Gasteiger partial charge in [0.25, 0.3) is 0 Å². The second-order valence-corrected chi connectivity index (χ2v) is 7.51. The van der Waals surface area contributed by atoms with Gasteiger partial charge >= 0.3 is 0 Å². The zero-order valence-corrected chi connectivity index (χ0v) is 15.2. The van der Waals surface area contributed by atoms with Gasteiger partial charge in [0.1, 0.15) is 0 Å². The summed E-state index contributed by atoms with van der Waals surface area (Å²) in [5, 5.41) is 3.58. The molecule has 2 aromatic carbocycles. The van der Waals surface area contributed by atoms with E-state index in [0.717, 1.165) is 6.54 Å². The van der Waals surface area contributed by atoms with Crippen LogP contribution in [0.25, 0.3) is 6.08 Å². The van der Waals surface area contributed by atoms with Gasteiger partial charge < -0.3 is 10.2 Å². The van der Waals surface area contributed by atoms with Gasteiger partial charge in [-0.3, -0.25) is 0 Å². The molecule has 1 heterocycles. The van der Waals surface area contributed by atoms with E-state index in [4.69, 9.17) is 0 Å². The Kier molecular flexibility index (Phi) is 4.63. The highest BCUT2D eigenvalue weighted by Crippen LogP contribution is 2.43. The lowest BCUT2D eigenvalue weighted by Crippen LogP contribution is -2.41. The molecule has 0 bridgehead atoms. The molecule has 2 aromatic rings. The molecule has 0 saturated carbocycles. The molecule has 2 nitrogen and oxygen atoms in total. The molecule has 4 rings (SSSR count). The van der Waals surface area contributed by atoms with E-state index in [2.05, 4.69) is 77.8 Å². The highest BCUT2D eigenvalue weighted by atomic mass is 15.1. The lowest BCUT2D eigenvalue weighted by Gasteiger charge is -2.39. The number of aryl methyl sites for hydroxylation is 1. The summed E-state index contributed by atoms with van der Waals surface area (Å²) < 4.78 is 0. The molecule has 0 radical (unpaired) electrons. The van der Waals surface area contributed by atoms with Crippen LogP contribution in [-0.4, -0.2) is 31.1 Å². The fourth-order valence-electron chi connectivity index (χ4n) is 4.34. The van der Waals surface area contributed by atoms with Crippen LogP contribution in [0.5, 0.6) is 0 Å². The number of nitrogens with one attached hydrogen (secondary N) is 1. The van der Waals surface area contributed by atoms with Gasteiger partial charge in [-0.2, -0.15) is 0 Å². The first-order valence-corrected chi connectivity index (χ1v) is 9.57. The first-order chi connectivity index (χ1) is 12.3.